The molecule has 7 heteroatoms. The van der Waals surface area contributed by atoms with E-state index in [1.54, 1.807) is 6.20 Å². The van der Waals surface area contributed by atoms with Crippen molar-refractivity contribution >= 4 is 5.91 Å². The standard InChI is InChI=1S/C18H25N5O2/c24-16(20-11-14-23-12-5-1-2-6-13-23)8-9-17-21-18(22-25-17)15-7-3-4-10-19-15/h3-4,7,10H,1-2,5-6,8-9,11-14H2,(H,20,24). The van der Waals surface area contributed by atoms with Crippen LogP contribution in [0.25, 0.3) is 11.5 Å². The minimum atomic E-state index is 0.0207. The molecule has 1 saturated heterocycles. The maximum atomic E-state index is 12.0. The number of hydrogen-bond donors (Lipinski definition) is 1. The molecule has 0 spiro atoms. The minimum absolute atomic E-state index is 0.0207. The highest BCUT2D eigenvalue weighted by Gasteiger charge is 2.12. The lowest BCUT2D eigenvalue weighted by atomic mass is 10.2. The molecule has 2 aromatic heterocycles. The number of nitrogens with one attached hydrogen (secondary N) is 1. The van der Waals surface area contributed by atoms with Gasteiger partial charge >= 0.3 is 0 Å². The van der Waals surface area contributed by atoms with Gasteiger partial charge in [0.05, 0.1) is 0 Å². The number of likely N-dealkylation sites (tertiary alicyclic amines) is 1. The Morgan fingerprint density at radius 1 is 1.20 bits per heavy atom. The van der Waals surface area contributed by atoms with Gasteiger partial charge in [0, 0.05) is 32.1 Å². The summed E-state index contributed by atoms with van der Waals surface area (Å²) in [4.78, 5) is 22.9. The van der Waals surface area contributed by atoms with Crippen molar-refractivity contribution in [2.24, 2.45) is 0 Å². The lowest BCUT2D eigenvalue weighted by molar-refractivity contribution is -0.121. The zero-order chi connectivity index (χ0) is 17.3. The Balaban J connectivity index is 1.37. The highest BCUT2D eigenvalue weighted by molar-refractivity contribution is 5.76. The molecule has 25 heavy (non-hydrogen) atoms. The Kier molecular flexibility index (Phi) is 6.50. The van der Waals surface area contributed by atoms with Crippen molar-refractivity contribution in [2.45, 2.75) is 38.5 Å². The molecule has 1 aliphatic heterocycles. The zero-order valence-electron chi connectivity index (χ0n) is 14.5. The molecule has 0 aromatic carbocycles. The molecule has 0 atom stereocenters. The molecule has 0 saturated carbocycles. The summed E-state index contributed by atoms with van der Waals surface area (Å²) < 4.78 is 5.19. The number of nitrogens with zero attached hydrogens (tertiary/aromatic N) is 4. The van der Waals surface area contributed by atoms with Crippen LogP contribution in [0.1, 0.15) is 38.0 Å². The van der Waals surface area contributed by atoms with Crippen molar-refractivity contribution in [1.29, 1.82) is 0 Å². The molecule has 1 aliphatic rings. The average molecular weight is 343 g/mol. The first-order valence-electron chi connectivity index (χ1n) is 9.04. The highest BCUT2D eigenvalue weighted by Crippen LogP contribution is 2.12. The molecule has 7 nitrogen and oxygen atoms in total. The number of amides is 1. The Labute approximate surface area is 147 Å². The monoisotopic (exact) mass is 343 g/mol. The smallest absolute Gasteiger partial charge is 0.227 e. The van der Waals surface area contributed by atoms with Crippen molar-refractivity contribution in [2.75, 3.05) is 26.2 Å². The lowest BCUT2D eigenvalue weighted by Crippen LogP contribution is -2.35. The van der Waals surface area contributed by atoms with Gasteiger partial charge < -0.3 is 14.7 Å². The SMILES string of the molecule is O=C(CCc1nc(-c2ccccn2)no1)NCCN1CCCCCC1. The quantitative estimate of drug-likeness (QED) is 0.828. The fourth-order valence-electron chi connectivity index (χ4n) is 2.98. The molecular formula is C18H25N5O2. The molecule has 1 fully saturated rings. The summed E-state index contributed by atoms with van der Waals surface area (Å²) in [5.74, 6) is 0.938. The van der Waals surface area contributed by atoms with E-state index in [4.69, 9.17) is 4.52 Å². The highest BCUT2D eigenvalue weighted by atomic mass is 16.5. The molecule has 2 aromatic rings. The number of carbonyl (C=O) groups is 1. The molecule has 0 unspecified atom stereocenters. The second-order valence-corrected chi connectivity index (χ2v) is 6.33. The van der Waals surface area contributed by atoms with Gasteiger partial charge in [-0.25, -0.2) is 0 Å². The van der Waals surface area contributed by atoms with Crippen LogP contribution in [0.5, 0.6) is 0 Å². The van der Waals surface area contributed by atoms with Gasteiger partial charge in [-0.15, -0.1) is 0 Å². The molecule has 0 aliphatic carbocycles. The van der Waals surface area contributed by atoms with Crippen LogP contribution in [-0.4, -0.2) is 52.1 Å². The fourth-order valence-corrected chi connectivity index (χ4v) is 2.98. The first kappa shape index (κ1) is 17.5. The first-order valence-corrected chi connectivity index (χ1v) is 9.04. The minimum Gasteiger partial charge on any atom is -0.355 e. The second kappa shape index (κ2) is 9.27. The third-order valence-electron chi connectivity index (χ3n) is 4.38. The summed E-state index contributed by atoms with van der Waals surface area (Å²) in [6.45, 7) is 3.92. The summed E-state index contributed by atoms with van der Waals surface area (Å²) in [5.41, 5.74) is 0.666. The van der Waals surface area contributed by atoms with Crippen molar-refractivity contribution in [1.82, 2.24) is 25.3 Å². The number of aryl methyl sites for hydroxylation is 1. The van der Waals surface area contributed by atoms with Crippen molar-refractivity contribution < 1.29 is 9.32 Å². The van der Waals surface area contributed by atoms with E-state index in [1.807, 2.05) is 18.2 Å². The van der Waals surface area contributed by atoms with Gasteiger partial charge in [0.15, 0.2) is 0 Å². The van der Waals surface area contributed by atoms with Crippen molar-refractivity contribution in [3.8, 4) is 11.5 Å². The van der Waals surface area contributed by atoms with Crippen LogP contribution >= 0.6 is 0 Å². The van der Waals surface area contributed by atoms with E-state index in [9.17, 15) is 4.79 Å². The molecule has 0 radical (unpaired) electrons. The van der Waals surface area contributed by atoms with Gasteiger partial charge in [0.25, 0.3) is 0 Å². The molecule has 1 N–H and O–H groups in total. The summed E-state index contributed by atoms with van der Waals surface area (Å²) in [7, 11) is 0. The van der Waals surface area contributed by atoms with Gasteiger partial charge in [0.2, 0.25) is 17.6 Å². The van der Waals surface area contributed by atoms with Crippen LogP contribution in [0.4, 0.5) is 0 Å². The Morgan fingerprint density at radius 3 is 2.80 bits per heavy atom. The molecule has 134 valence electrons. The predicted molar refractivity (Wildman–Crippen MR) is 93.8 cm³/mol. The third-order valence-corrected chi connectivity index (χ3v) is 4.38. The topological polar surface area (TPSA) is 84.1 Å². The maximum absolute atomic E-state index is 12.0. The molecule has 1 amide bonds. The van der Waals surface area contributed by atoms with E-state index < -0.39 is 0 Å². The summed E-state index contributed by atoms with van der Waals surface area (Å²) in [5, 5.41) is 6.89. The van der Waals surface area contributed by atoms with Gasteiger partial charge in [-0.2, -0.15) is 4.98 Å². The summed E-state index contributed by atoms with van der Waals surface area (Å²) in [6.07, 6.45) is 7.66. The normalized spacial score (nSPS) is 15.7. The van der Waals surface area contributed by atoms with Gasteiger partial charge in [-0.3, -0.25) is 9.78 Å². The van der Waals surface area contributed by atoms with E-state index in [0.717, 1.165) is 19.6 Å². The van der Waals surface area contributed by atoms with Gasteiger partial charge in [-0.05, 0) is 38.1 Å². The van der Waals surface area contributed by atoms with E-state index in [-0.39, 0.29) is 5.91 Å². The largest absolute Gasteiger partial charge is 0.355 e. The predicted octanol–water partition coefficient (Wildman–Crippen LogP) is 2.06. The summed E-state index contributed by atoms with van der Waals surface area (Å²) in [6, 6.07) is 5.53. The van der Waals surface area contributed by atoms with E-state index in [1.165, 1.54) is 25.7 Å². The molecular weight excluding hydrogens is 318 g/mol. The summed E-state index contributed by atoms with van der Waals surface area (Å²) >= 11 is 0. The van der Waals surface area contributed by atoms with Gasteiger partial charge in [0.1, 0.15) is 5.69 Å². The molecule has 3 rings (SSSR count). The zero-order valence-corrected chi connectivity index (χ0v) is 14.5. The lowest BCUT2D eigenvalue weighted by Gasteiger charge is -2.19. The second-order valence-electron chi connectivity index (χ2n) is 6.33. The third kappa shape index (κ3) is 5.63. The number of pyridine rings is 1. The van der Waals surface area contributed by atoms with Crippen LogP contribution in [0.2, 0.25) is 0 Å². The van der Waals surface area contributed by atoms with E-state index in [2.05, 4.69) is 25.3 Å². The van der Waals surface area contributed by atoms with E-state index in [0.29, 0.717) is 36.8 Å². The fraction of sp³-hybridized carbons (Fsp3) is 0.556. The van der Waals surface area contributed by atoms with Crippen molar-refractivity contribution in [3.05, 3.63) is 30.3 Å². The van der Waals surface area contributed by atoms with Crippen LogP contribution in [0.15, 0.2) is 28.9 Å². The van der Waals surface area contributed by atoms with Gasteiger partial charge in [-0.1, -0.05) is 24.1 Å². The van der Waals surface area contributed by atoms with Crippen LogP contribution in [-0.2, 0) is 11.2 Å². The van der Waals surface area contributed by atoms with Crippen LogP contribution < -0.4 is 5.32 Å². The maximum Gasteiger partial charge on any atom is 0.227 e. The molecule has 3 heterocycles. The van der Waals surface area contributed by atoms with Crippen LogP contribution in [0.3, 0.4) is 0 Å². The Bertz CT molecular complexity index is 650. The Hall–Kier alpha value is -2.28. The number of aromatic nitrogens is 3. The average Bonchev–Trinajstić information content (AvgIpc) is 2.97. The number of rotatable bonds is 7. The van der Waals surface area contributed by atoms with Crippen molar-refractivity contribution in [3.63, 3.8) is 0 Å². The van der Waals surface area contributed by atoms with Crippen LogP contribution in [0, 0.1) is 0 Å². The number of hydrogen-bond acceptors (Lipinski definition) is 6. The Morgan fingerprint density at radius 2 is 2.04 bits per heavy atom. The number of carbonyl (C=O) groups excluding carboxylic acids is 1. The van der Waals surface area contributed by atoms with E-state index >= 15 is 0 Å². The first-order chi connectivity index (χ1) is 12.3. The molecule has 0 bridgehead atoms.